The maximum atomic E-state index is 13.4. The molecule has 0 bridgehead atoms. The molecule has 0 saturated heterocycles. The molecule has 0 aromatic heterocycles. The minimum Gasteiger partial charge on any atom is -0.508 e. The molecule has 1 nitrogen and oxygen atoms in total. The molecule has 0 atom stereocenters. The van der Waals surface area contributed by atoms with Gasteiger partial charge in [-0.15, -0.1) is 11.8 Å². The van der Waals surface area contributed by atoms with Gasteiger partial charge in [-0.2, -0.15) is 0 Å². The molecule has 2 aromatic rings. The monoisotopic (exact) mass is 306 g/mol. The summed E-state index contributed by atoms with van der Waals surface area (Å²) in [4.78, 5) is 0.520. The van der Waals surface area contributed by atoms with Crippen molar-refractivity contribution in [1.29, 1.82) is 0 Å². The first-order valence-corrected chi connectivity index (χ1v) is 6.32. The van der Waals surface area contributed by atoms with E-state index in [0.717, 1.165) is 11.8 Å². The van der Waals surface area contributed by atoms with Crippen LogP contribution in [0, 0.1) is 29.1 Å². The highest BCUT2D eigenvalue weighted by Crippen LogP contribution is 2.30. The first-order chi connectivity index (χ1) is 9.41. The summed E-state index contributed by atoms with van der Waals surface area (Å²) in [7, 11) is 0. The maximum absolute atomic E-state index is 13.4. The van der Waals surface area contributed by atoms with Gasteiger partial charge in [0.25, 0.3) is 0 Å². The Morgan fingerprint density at radius 2 is 1.20 bits per heavy atom. The lowest BCUT2D eigenvalue weighted by atomic mass is 10.2. The average Bonchev–Trinajstić information content (AvgIpc) is 2.45. The van der Waals surface area contributed by atoms with Crippen molar-refractivity contribution in [2.45, 2.75) is 10.6 Å². The van der Waals surface area contributed by atoms with Gasteiger partial charge in [-0.3, -0.25) is 0 Å². The SMILES string of the molecule is Oc1ccc(SCc2c(F)c(F)c(F)c(F)c2F)cc1. The molecule has 20 heavy (non-hydrogen) atoms. The predicted octanol–water partition coefficient (Wildman–Crippen LogP) is 4.38. The number of benzene rings is 2. The van der Waals surface area contributed by atoms with Crippen LogP contribution in [0.5, 0.6) is 5.75 Å². The summed E-state index contributed by atoms with van der Waals surface area (Å²) >= 11 is 0.887. The number of rotatable bonds is 3. The van der Waals surface area contributed by atoms with Gasteiger partial charge in [-0.1, -0.05) is 0 Å². The molecule has 7 heteroatoms. The second-order valence-electron chi connectivity index (χ2n) is 3.83. The van der Waals surface area contributed by atoms with Gasteiger partial charge in [-0.05, 0) is 24.3 Å². The molecule has 0 aliphatic heterocycles. The van der Waals surface area contributed by atoms with Crippen molar-refractivity contribution in [2.24, 2.45) is 0 Å². The van der Waals surface area contributed by atoms with E-state index in [4.69, 9.17) is 5.11 Å². The van der Waals surface area contributed by atoms with E-state index in [1.54, 1.807) is 0 Å². The highest BCUT2D eigenvalue weighted by Gasteiger charge is 2.25. The number of phenols is 1. The second-order valence-corrected chi connectivity index (χ2v) is 4.88. The summed E-state index contributed by atoms with van der Waals surface area (Å²) in [5.74, 6) is -10.1. The number of hydrogen-bond acceptors (Lipinski definition) is 2. The number of hydrogen-bond donors (Lipinski definition) is 1. The Kier molecular flexibility index (Phi) is 4.17. The van der Waals surface area contributed by atoms with Crippen molar-refractivity contribution in [1.82, 2.24) is 0 Å². The summed E-state index contributed by atoms with van der Waals surface area (Å²) in [5, 5.41) is 9.06. The summed E-state index contributed by atoms with van der Waals surface area (Å²) in [6.07, 6.45) is 0. The quantitative estimate of drug-likeness (QED) is 0.393. The second kappa shape index (κ2) is 5.70. The minimum absolute atomic E-state index is 0.00517. The molecule has 0 aliphatic carbocycles. The maximum Gasteiger partial charge on any atom is 0.200 e. The van der Waals surface area contributed by atoms with Crippen LogP contribution < -0.4 is 0 Å². The van der Waals surface area contributed by atoms with Crippen LogP contribution in [0.25, 0.3) is 0 Å². The minimum atomic E-state index is -2.17. The van der Waals surface area contributed by atoms with Gasteiger partial charge in [0, 0.05) is 16.2 Å². The van der Waals surface area contributed by atoms with Gasteiger partial charge in [0.2, 0.25) is 5.82 Å². The van der Waals surface area contributed by atoms with Crippen molar-refractivity contribution in [3.05, 3.63) is 58.9 Å². The van der Waals surface area contributed by atoms with Crippen LogP contribution >= 0.6 is 11.8 Å². The van der Waals surface area contributed by atoms with E-state index in [1.165, 1.54) is 24.3 Å². The van der Waals surface area contributed by atoms with Crippen molar-refractivity contribution in [3.63, 3.8) is 0 Å². The van der Waals surface area contributed by atoms with Crippen molar-refractivity contribution >= 4 is 11.8 Å². The van der Waals surface area contributed by atoms with Gasteiger partial charge >= 0.3 is 0 Å². The van der Waals surface area contributed by atoms with Crippen LogP contribution in [0.3, 0.4) is 0 Å². The lowest BCUT2D eigenvalue weighted by Gasteiger charge is -2.08. The van der Waals surface area contributed by atoms with E-state index in [0.29, 0.717) is 4.90 Å². The number of thioether (sulfide) groups is 1. The van der Waals surface area contributed by atoms with E-state index in [9.17, 15) is 22.0 Å². The van der Waals surface area contributed by atoms with Crippen LogP contribution in [0.15, 0.2) is 29.2 Å². The Labute approximate surface area is 115 Å². The largest absolute Gasteiger partial charge is 0.508 e. The van der Waals surface area contributed by atoms with E-state index in [2.05, 4.69) is 0 Å². The normalized spacial score (nSPS) is 10.8. The molecule has 0 heterocycles. The molecule has 0 saturated carbocycles. The zero-order valence-corrected chi connectivity index (χ0v) is 10.6. The molecular weight excluding hydrogens is 299 g/mol. The highest BCUT2D eigenvalue weighted by molar-refractivity contribution is 7.98. The van der Waals surface area contributed by atoms with E-state index in [-0.39, 0.29) is 5.75 Å². The molecule has 0 radical (unpaired) electrons. The van der Waals surface area contributed by atoms with Crippen LogP contribution in [0.4, 0.5) is 22.0 Å². The molecule has 0 spiro atoms. The number of halogens is 5. The Balaban J connectivity index is 2.28. The van der Waals surface area contributed by atoms with E-state index < -0.39 is 40.4 Å². The van der Waals surface area contributed by atoms with Gasteiger partial charge < -0.3 is 5.11 Å². The fourth-order valence-electron chi connectivity index (χ4n) is 1.47. The Morgan fingerprint density at radius 3 is 1.70 bits per heavy atom. The third kappa shape index (κ3) is 2.72. The smallest absolute Gasteiger partial charge is 0.200 e. The van der Waals surface area contributed by atoms with Gasteiger partial charge in [0.1, 0.15) is 5.75 Å². The lowest BCUT2D eigenvalue weighted by molar-refractivity contribution is 0.372. The first-order valence-electron chi connectivity index (χ1n) is 5.34. The molecule has 0 unspecified atom stereocenters. The van der Waals surface area contributed by atoms with Crippen LogP contribution in [0.2, 0.25) is 0 Å². The molecule has 0 amide bonds. The summed E-state index contributed by atoms with van der Waals surface area (Å²) in [6.45, 7) is 0. The molecule has 0 aliphatic rings. The lowest BCUT2D eigenvalue weighted by Crippen LogP contribution is -2.06. The topological polar surface area (TPSA) is 20.2 Å². The fourth-order valence-corrected chi connectivity index (χ4v) is 2.37. The highest BCUT2D eigenvalue weighted by atomic mass is 32.2. The van der Waals surface area contributed by atoms with Gasteiger partial charge in [0.15, 0.2) is 23.3 Å². The summed E-state index contributed by atoms with van der Waals surface area (Å²) in [6, 6.07) is 5.62. The Hall–Kier alpha value is -1.76. The standard InChI is InChI=1S/C13H7F5OS/c14-9-8(10(15)12(17)13(18)11(9)16)5-20-7-3-1-6(19)2-4-7/h1-4,19H,5H2. The Morgan fingerprint density at radius 1 is 0.750 bits per heavy atom. The van der Waals surface area contributed by atoms with Crippen molar-refractivity contribution in [3.8, 4) is 5.75 Å². The zero-order valence-electron chi connectivity index (χ0n) is 9.76. The molecule has 2 rings (SSSR count). The number of aromatic hydroxyl groups is 1. The fraction of sp³-hybridized carbons (Fsp3) is 0.0769. The van der Waals surface area contributed by atoms with E-state index >= 15 is 0 Å². The summed E-state index contributed by atoms with van der Waals surface area (Å²) in [5.41, 5.74) is -0.875. The number of phenolic OH excluding ortho intramolecular Hbond substituents is 1. The third-order valence-electron chi connectivity index (χ3n) is 2.52. The molecule has 106 valence electrons. The molecule has 0 fully saturated rings. The Bertz CT molecular complexity index is 613. The van der Waals surface area contributed by atoms with E-state index in [1.807, 2.05) is 0 Å². The van der Waals surface area contributed by atoms with Crippen molar-refractivity contribution < 1.29 is 27.1 Å². The predicted molar refractivity (Wildman–Crippen MR) is 63.9 cm³/mol. The van der Waals surface area contributed by atoms with Crippen molar-refractivity contribution in [2.75, 3.05) is 0 Å². The molecular formula is C13H7F5OS. The van der Waals surface area contributed by atoms with Crippen LogP contribution in [-0.4, -0.2) is 5.11 Å². The first kappa shape index (κ1) is 14.6. The molecule has 1 N–H and O–H groups in total. The van der Waals surface area contributed by atoms with Gasteiger partial charge in [-0.25, -0.2) is 22.0 Å². The van der Waals surface area contributed by atoms with Crippen LogP contribution in [-0.2, 0) is 5.75 Å². The molecule has 2 aromatic carbocycles. The van der Waals surface area contributed by atoms with Crippen LogP contribution in [0.1, 0.15) is 5.56 Å². The summed E-state index contributed by atoms with van der Waals surface area (Å²) < 4.78 is 65.6. The average molecular weight is 306 g/mol. The third-order valence-corrected chi connectivity index (χ3v) is 3.56. The van der Waals surface area contributed by atoms with Gasteiger partial charge in [0.05, 0.1) is 0 Å². The zero-order chi connectivity index (χ0) is 14.9.